The van der Waals surface area contributed by atoms with Gasteiger partial charge in [-0.1, -0.05) is 27.2 Å². The van der Waals surface area contributed by atoms with E-state index in [1.54, 1.807) is 0 Å². The zero-order valence-corrected chi connectivity index (χ0v) is 12.5. The molecule has 1 unspecified atom stereocenters. The van der Waals surface area contributed by atoms with Crippen molar-refractivity contribution in [2.45, 2.75) is 52.9 Å². The molecule has 0 spiro atoms. The van der Waals surface area contributed by atoms with Crippen LogP contribution >= 0.6 is 0 Å². The van der Waals surface area contributed by atoms with E-state index in [-0.39, 0.29) is 0 Å². The third kappa shape index (κ3) is 9.60. The lowest BCUT2D eigenvalue weighted by atomic mass is 10.0. The SMILES string of the molecule is CCCNCC(CCC)CCS(=O)(=O)CCC. The van der Waals surface area contributed by atoms with Gasteiger partial charge in [0.25, 0.3) is 0 Å². The van der Waals surface area contributed by atoms with Crippen molar-refractivity contribution < 1.29 is 8.42 Å². The van der Waals surface area contributed by atoms with E-state index in [2.05, 4.69) is 19.2 Å². The van der Waals surface area contributed by atoms with Crippen molar-refractivity contribution in [2.75, 3.05) is 24.6 Å². The molecule has 4 heteroatoms. The van der Waals surface area contributed by atoms with Gasteiger partial charge in [-0.2, -0.15) is 0 Å². The molecule has 3 nitrogen and oxygen atoms in total. The van der Waals surface area contributed by atoms with Gasteiger partial charge in [0, 0.05) is 5.75 Å². The van der Waals surface area contributed by atoms with Gasteiger partial charge in [-0.15, -0.1) is 0 Å². The Morgan fingerprint density at radius 2 is 1.65 bits per heavy atom. The second-order valence-electron chi connectivity index (χ2n) is 4.80. The zero-order valence-electron chi connectivity index (χ0n) is 11.7. The Labute approximate surface area is 107 Å². The predicted octanol–water partition coefficient (Wildman–Crippen LogP) is 2.62. The Hall–Kier alpha value is -0.0900. The van der Waals surface area contributed by atoms with Gasteiger partial charge in [0.1, 0.15) is 9.84 Å². The van der Waals surface area contributed by atoms with Crippen LogP contribution in [0.25, 0.3) is 0 Å². The molecule has 0 rings (SSSR count). The first kappa shape index (κ1) is 16.9. The molecule has 0 aliphatic heterocycles. The monoisotopic (exact) mass is 263 g/mol. The van der Waals surface area contributed by atoms with Gasteiger partial charge in [-0.25, -0.2) is 8.42 Å². The number of rotatable bonds is 11. The van der Waals surface area contributed by atoms with Crippen LogP contribution in [0.4, 0.5) is 0 Å². The summed E-state index contributed by atoms with van der Waals surface area (Å²) in [5.41, 5.74) is 0. The number of sulfone groups is 1. The first-order valence-electron chi connectivity index (χ1n) is 6.96. The molecule has 0 fully saturated rings. The van der Waals surface area contributed by atoms with Crippen LogP contribution in [0.3, 0.4) is 0 Å². The smallest absolute Gasteiger partial charge is 0.150 e. The molecule has 1 N–H and O–H groups in total. The normalized spacial score (nSPS) is 13.8. The molecule has 0 aliphatic carbocycles. The quantitative estimate of drug-likeness (QED) is 0.583. The van der Waals surface area contributed by atoms with E-state index in [1.807, 2.05) is 6.92 Å². The lowest BCUT2D eigenvalue weighted by molar-refractivity contribution is 0.428. The van der Waals surface area contributed by atoms with Crippen molar-refractivity contribution >= 4 is 9.84 Å². The second kappa shape index (κ2) is 9.89. The van der Waals surface area contributed by atoms with Crippen LogP contribution in [0.5, 0.6) is 0 Å². The Morgan fingerprint density at radius 3 is 2.18 bits per heavy atom. The average molecular weight is 263 g/mol. The van der Waals surface area contributed by atoms with Gasteiger partial charge in [0.05, 0.1) is 5.75 Å². The van der Waals surface area contributed by atoms with Crippen LogP contribution in [-0.2, 0) is 9.84 Å². The fourth-order valence-corrected chi connectivity index (χ4v) is 3.52. The molecular weight excluding hydrogens is 234 g/mol. The van der Waals surface area contributed by atoms with Crippen LogP contribution in [0, 0.1) is 5.92 Å². The summed E-state index contributed by atoms with van der Waals surface area (Å²) in [4.78, 5) is 0. The standard InChI is InChI=1S/C13H29NO2S/c1-4-7-13(12-14-9-5-2)8-11-17(15,16)10-6-3/h13-14H,4-12H2,1-3H3. The number of hydrogen-bond acceptors (Lipinski definition) is 3. The molecular formula is C13H29NO2S. The summed E-state index contributed by atoms with van der Waals surface area (Å²) in [5.74, 6) is 1.21. The summed E-state index contributed by atoms with van der Waals surface area (Å²) < 4.78 is 23.3. The van der Waals surface area contributed by atoms with Gasteiger partial charge in [0.15, 0.2) is 0 Å². The fraction of sp³-hybridized carbons (Fsp3) is 1.00. The molecule has 1 atom stereocenters. The van der Waals surface area contributed by atoms with Crippen molar-refractivity contribution in [3.8, 4) is 0 Å². The minimum Gasteiger partial charge on any atom is -0.316 e. The first-order valence-corrected chi connectivity index (χ1v) is 8.79. The highest BCUT2D eigenvalue weighted by atomic mass is 32.2. The molecule has 0 saturated carbocycles. The van der Waals surface area contributed by atoms with Crippen LogP contribution < -0.4 is 5.32 Å². The molecule has 0 aromatic heterocycles. The van der Waals surface area contributed by atoms with Crippen LogP contribution in [-0.4, -0.2) is 33.0 Å². The van der Waals surface area contributed by atoms with Gasteiger partial charge >= 0.3 is 0 Å². The zero-order chi connectivity index (χ0) is 13.1. The molecule has 0 aromatic carbocycles. The Kier molecular flexibility index (Phi) is 9.84. The highest BCUT2D eigenvalue weighted by Crippen LogP contribution is 2.12. The molecule has 0 radical (unpaired) electrons. The summed E-state index contributed by atoms with van der Waals surface area (Å²) in [6.45, 7) is 8.22. The number of hydrogen-bond donors (Lipinski definition) is 1. The summed E-state index contributed by atoms with van der Waals surface area (Å²) in [6, 6.07) is 0. The summed E-state index contributed by atoms with van der Waals surface area (Å²) in [7, 11) is -2.80. The van der Waals surface area contributed by atoms with Crippen molar-refractivity contribution in [3.05, 3.63) is 0 Å². The molecule has 0 aromatic rings. The summed E-state index contributed by atoms with van der Waals surface area (Å²) in [5, 5.41) is 3.39. The molecule has 104 valence electrons. The van der Waals surface area contributed by atoms with E-state index >= 15 is 0 Å². The maximum Gasteiger partial charge on any atom is 0.150 e. The van der Waals surface area contributed by atoms with Crippen LogP contribution in [0.2, 0.25) is 0 Å². The highest BCUT2D eigenvalue weighted by Gasteiger charge is 2.14. The molecule has 0 aliphatic rings. The lowest BCUT2D eigenvalue weighted by Gasteiger charge is -2.16. The number of nitrogens with one attached hydrogen (secondary N) is 1. The Bertz CT molecular complexity index is 263. The van der Waals surface area contributed by atoms with Gasteiger partial charge in [0.2, 0.25) is 0 Å². The first-order chi connectivity index (χ1) is 8.05. The fourth-order valence-electron chi connectivity index (χ4n) is 2.00. The Morgan fingerprint density at radius 1 is 0.941 bits per heavy atom. The second-order valence-corrected chi connectivity index (χ2v) is 7.10. The van der Waals surface area contributed by atoms with E-state index in [1.165, 1.54) is 0 Å². The third-order valence-corrected chi connectivity index (χ3v) is 4.80. The maximum absolute atomic E-state index is 11.6. The van der Waals surface area contributed by atoms with Crippen molar-refractivity contribution in [1.29, 1.82) is 0 Å². The largest absolute Gasteiger partial charge is 0.316 e. The van der Waals surface area contributed by atoms with Crippen LogP contribution in [0.15, 0.2) is 0 Å². The van der Waals surface area contributed by atoms with Crippen molar-refractivity contribution in [1.82, 2.24) is 5.32 Å². The van der Waals surface area contributed by atoms with E-state index in [4.69, 9.17) is 0 Å². The van der Waals surface area contributed by atoms with Gasteiger partial charge < -0.3 is 5.32 Å². The molecule has 0 heterocycles. The van der Waals surface area contributed by atoms with Gasteiger partial charge in [-0.3, -0.25) is 0 Å². The van der Waals surface area contributed by atoms with E-state index in [0.717, 1.165) is 45.2 Å². The molecule has 17 heavy (non-hydrogen) atoms. The molecule has 0 saturated heterocycles. The lowest BCUT2D eigenvalue weighted by Crippen LogP contribution is -2.25. The average Bonchev–Trinajstić information content (AvgIpc) is 2.26. The Balaban J connectivity index is 3.98. The van der Waals surface area contributed by atoms with Gasteiger partial charge in [-0.05, 0) is 44.7 Å². The maximum atomic E-state index is 11.6. The van der Waals surface area contributed by atoms with E-state index < -0.39 is 9.84 Å². The van der Waals surface area contributed by atoms with Crippen LogP contribution in [0.1, 0.15) is 52.9 Å². The van der Waals surface area contributed by atoms with E-state index in [9.17, 15) is 8.42 Å². The topological polar surface area (TPSA) is 46.2 Å². The van der Waals surface area contributed by atoms with Crippen molar-refractivity contribution in [2.24, 2.45) is 5.92 Å². The van der Waals surface area contributed by atoms with E-state index in [0.29, 0.717) is 17.4 Å². The minimum atomic E-state index is -2.80. The highest BCUT2D eigenvalue weighted by molar-refractivity contribution is 7.91. The minimum absolute atomic E-state index is 0.342. The molecule has 0 bridgehead atoms. The predicted molar refractivity (Wildman–Crippen MR) is 75.1 cm³/mol. The summed E-state index contributed by atoms with van der Waals surface area (Å²) in [6.07, 6.45) is 4.93. The third-order valence-electron chi connectivity index (χ3n) is 2.91. The van der Waals surface area contributed by atoms with Crippen molar-refractivity contribution in [3.63, 3.8) is 0 Å². The summed E-state index contributed by atoms with van der Waals surface area (Å²) >= 11 is 0. The molecule has 0 amide bonds.